The minimum Gasteiger partial charge on any atom is -0.361 e. The number of carbonyl (C=O) groups is 1. The van der Waals surface area contributed by atoms with Gasteiger partial charge in [0.05, 0.1) is 11.7 Å². The number of rotatable bonds is 3. The van der Waals surface area contributed by atoms with Crippen molar-refractivity contribution in [3.63, 3.8) is 0 Å². The van der Waals surface area contributed by atoms with Crippen molar-refractivity contribution >= 4 is 5.91 Å². The Bertz CT molecular complexity index is 794. The average molecular weight is 356 g/mol. The van der Waals surface area contributed by atoms with Crippen LogP contribution in [0.2, 0.25) is 0 Å². The fourth-order valence-electron chi connectivity index (χ4n) is 3.40. The summed E-state index contributed by atoms with van der Waals surface area (Å²) in [4.78, 5) is 14.4. The molecule has 3 heterocycles. The summed E-state index contributed by atoms with van der Waals surface area (Å²) in [5, 5.41) is 7.74. The highest BCUT2D eigenvalue weighted by Crippen LogP contribution is 2.37. The molecule has 1 aliphatic heterocycles. The quantitative estimate of drug-likeness (QED) is 0.847. The second-order valence-corrected chi connectivity index (χ2v) is 6.15. The fraction of sp³-hybridized carbons (Fsp3) is 0.562. The van der Waals surface area contributed by atoms with E-state index in [4.69, 9.17) is 4.52 Å². The molecule has 0 aliphatic carbocycles. The Labute approximate surface area is 142 Å². The van der Waals surface area contributed by atoms with E-state index in [1.165, 1.54) is 7.05 Å². The van der Waals surface area contributed by atoms with Crippen LogP contribution in [0, 0.1) is 6.92 Å². The molecule has 6 nitrogen and oxygen atoms in total. The molecule has 2 aromatic rings. The Kier molecular flexibility index (Phi) is 4.34. The maximum atomic E-state index is 12.9. The molecule has 0 radical (unpaired) electrons. The largest absolute Gasteiger partial charge is 0.433 e. The minimum absolute atomic E-state index is 0.200. The zero-order valence-electron chi connectivity index (χ0n) is 14.2. The molecule has 0 saturated carbocycles. The van der Waals surface area contributed by atoms with Crippen molar-refractivity contribution in [2.75, 3.05) is 6.54 Å². The Morgan fingerprint density at radius 2 is 2.16 bits per heavy atom. The molecule has 136 valence electrons. The van der Waals surface area contributed by atoms with Crippen LogP contribution in [-0.4, -0.2) is 32.3 Å². The van der Waals surface area contributed by atoms with Crippen LogP contribution in [0.25, 0.3) is 0 Å². The van der Waals surface area contributed by atoms with Crippen LogP contribution in [0.1, 0.15) is 59.0 Å². The van der Waals surface area contributed by atoms with Gasteiger partial charge in [-0.25, -0.2) is 0 Å². The van der Waals surface area contributed by atoms with Gasteiger partial charge in [-0.2, -0.15) is 18.3 Å². The molecule has 0 bridgehead atoms. The molecular weight excluding hydrogens is 337 g/mol. The Balaban J connectivity index is 1.93. The van der Waals surface area contributed by atoms with Gasteiger partial charge in [0.2, 0.25) is 0 Å². The predicted octanol–water partition coefficient (Wildman–Crippen LogP) is 3.28. The molecule has 3 rings (SSSR count). The highest BCUT2D eigenvalue weighted by Gasteiger charge is 2.39. The van der Waals surface area contributed by atoms with E-state index in [-0.39, 0.29) is 11.7 Å². The van der Waals surface area contributed by atoms with Gasteiger partial charge in [-0.3, -0.25) is 9.48 Å². The lowest BCUT2D eigenvalue weighted by Gasteiger charge is -2.24. The molecule has 1 fully saturated rings. The lowest BCUT2D eigenvalue weighted by molar-refractivity contribution is -0.143. The number of halogens is 3. The SMILES string of the molecule is CCc1onc(C)c1[C@H]1CCCN1C(=O)c1cc(C(F)(F)F)n(C)n1. The van der Waals surface area contributed by atoms with Crippen LogP contribution in [0.4, 0.5) is 13.2 Å². The van der Waals surface area contributed by atoms with Gasteiger partial charge in [-0.1, -0.05) is 12.1 Å². The zero-order chi connectivity index (χ0) is 18.4. The first kappa shape index (κ1) is 17.5. The number of nitrogens with zero attached hydrogens (tertiary/aromatic N) is 4. The molecule has 25 heavy (non-hydrogen) atoms. The first-order chi connectivity index (χ1) is 11.7. The molecule has 0 unspecified atom stereocenters. The molecule has 9 heteroatoms. The van der Waals surface area contributed by atoms with Crippen LogP contribution >= 0.6 is 0 Å². The van der Waals surface area contributed by atoms with E-state index in [2.05, 4.69) is 10.3 Å². The van der Waals surface area contributed by atoms with Gasteiger partial charge >= 0.3 is 6.18 Å². The number of amides is 1. The monoisotopic (exact) mass is 356 g/mol. The van der Waals surface area contributed by atoms with Crippen molar-refractivity contribution in [1.29, 1.82) is 0 Å². The molecule has 0 aromatic carbocycles. The Morgan fingerprint density at radius 1 is 1.44 bits per heavy atom. The summed E-state index contributed by atoms with van der Waals surface area (Å²) in [6.45, 7) is 4.20. The molecule has 1 atom stereocenters. The third-order valence-electron chi connectivity index (χ3n) is 4.54. The summed E-state index contributed by atoms with van der Waals surface area (Å²) in [5.74, 6) is 0.204. The van der Waals surface area contributed by atoms with Gasteiger partial charge in [0.15, 0.2) is 5.69 Å². The van der Waals surface area contributed by atoms with E-state index in [9.17, 15) is 18.0 Å². The van der Waals surface area contributed by atoms with E-state index in [1.807, 2.05) is 13.8 Å². The van der Waals surface area contributed by atoms with Gasteiger partial charge in [0.1, 0.15) is 11.5 Å². The number of hydrogen-bond acceptors (Lipinski definition) is 4. The van der Waals surface area contributed by atoms with E-state index >= 15 is 0 Å². The Morgan fingerprint density at radius 3 is 2.76 bits per heavy atom. The molecule has 1 amide bonds. The molecule has 1 saturated heterocycles. The third-order valence-corrected chi connectivity index (χ3v) is 4.54. The fourth-order valence-corrected chi connectivity index (χ4v) is 3.40. The van der Waals surface area contributed by atoms with E-state index < -0.39 is 17.8 Å². The van der Waals surface area contributed by atoms with Crippen LogP contribution in [0.5, 0.6) is 0 Å². The summed E-state index contributed by atoms with van der Waals surface area (Å²) in [5.41, 5.74) is 0.426. The Hall–Kier alpha value is -2.32. The number of hydrogen-bond donors (Lipinski definition) is 0. The lowest BCUT2D eigenvalue weighted by Crippen LogP contribution is -2.31. The lowest BCUT2D eigenvalue weighted by atomic mass is 10.0. The van der Waals surface area contributed by atoms with Gasteiger partial charge in [0.25, 0.3) is 5.91 Å². The molecule has 0 N–H and O–H groups in total. The summed E-state index contributed by atoms with van der Waals surface area (Å²) < 4.78 is 44.8. The highest BCUT2D eigenvalue weighted by molar-refractivity contribution is 5.93. The van der Waals surface area contributed by atoms with E-state index in [1.54, 1.807) is 4.90 Å². The smallest absolute Gasteiger partial charge is 0.361 e. The first-order valence-electron chi connectivity index (χ1n) is 8.11. The summed E-state index contributed by atoms with van der Waals surface area (Å²) in [6, 6.07) is 0.559. The van der Waals surface area contributed by atoms with E-state index in [0.717, 1.165) is 24.5 Å². The number of alkyl halides is 3. The number of aromatic nitrogens is 3. The van der Waals surface area contributed by atoms with Gasteiger partial charge in [0, 0.05) is 31.6 Å². The average Bonchev–Trinajstić information content (AvgIpc) is 3.23. The van der Waals surface area contributed by atoms with Crippen molar-refractivity contribution in [2.45, 2.75) is 45.3 Å². The zero-order valence-corrected chi connectivity index (χ0v) is 14.2. The number of likely N-dealkylation sites (tertiary alicyclic amines) is 1. The van der Waals surface area contributed by atoms with Crippen molar-refractivity contribution in [3.8, 4) is 0 Å². The predicted molar refractivity (Wildman–Crippen MR) is 81.8 cm³/mol. The highest BCUT2D eigenvalue weighted by atomic mass is 19.4. The molecular formula is C16H19F3N4O2. The van der Waals surface area contributed by atoms with E-state index in [0.29, 0.717) is 29.1 Å². The van der Waals surface area contributed by atoms with Crippen molar-refractivity contribution in [1.82, 2.24) is 19.8 Å². The summed E-state index contributed by atoms with van der Waals surface area (Å²) >= 11 is 0. The molecule has 0 spiro atoms. The third kappa shape index (κ3) is 3.03. The van der Waals surface area contributed by atoms with Gasteiger partial charge < -0.3 is 9.42 Å². The van der Waals surface area contributed by atoms with Crippen molar-refractivity contribution in [2.24, 2.45) is 7.05 Å². The van der Waals surface area contributed by atoms with Crippen LogP contribution < -0.4 is 0 Å². The second kappa shape index (κ2) is 6.20. The van der Waals surface area contributed by atoms with Gasteiger partial charge in [-0.15, -0.1) is 0 Å². The minimum atomic E-state index is -4.55. The van der Waals surface area contributed by atoms with Crippen LogP contribution in [-0.2, 0) is 19.6 Å². The first-order valence-corrected chi connectivity index (χ1v) is 8.11. The second-order valence-electron chi connectivity index (χ2n) is 6.15. The standard InChI is InChI=1S/C16H19F3N4O2/c1-4-12-14(9(2)21-25-12)11-6-5-7-23(11)15(24)10-8-13(16(17,18)19)22(3)20-10/h8,11H,4-7H2,1-3H3/t11-/m1/s1. The summed E-state index contributed by atoms with van der Waals surface area (Å²) in [7, 11) is 1.18. The molecule has 1 aliphatic rings. The maximum absolute atomic E-state index is 12.9. The topological polar surface area (TPSA) is 64.2 Å². The number of carbonyl (C=O) groups excluding carboxylic acids is 1. The molecule has 2 aromatic heterocycles. The normalized spacial score (nSPS) is 18.2. The summed E-state index contributed by atoms with van der Waals surface area (Å²) in [6.07, 6.45) is -2.43. The van der Waals surface area contributed by atoms with Crippen LogP contribution in [0.15, 0.2) is 10.6 Å². The van der Waals surface area contributed by atoms with Gasteiger partial charge in [-0.05, 0) is 19.8 Å². The maximum Gasteiger partial charge on any atom is 0.433 e. The van der Waals surface area contributed by atoms with Crippen molar-refractivity contribution < 1.29 is 22.5 Å². The van der Waals surface area contributed by atoms with Crippen molar-refractivity contribution in [3.05, 3.63) is 34.5 Å². The number of aryl methyl sites for hydroxylation is 3. The van der Waals surface area contributed by atoms with Crippen LogP contribution in [0.3, 0.4) is 0 Å².